The van der Waals surface area contributed by atoms with Gasteiger partial charge in [0.1, 0.15) is 73.2 Å². The predicted molar refractivity (Wildman–Crippen MR) is 443 cm³/mol. The van der Waals surface area contributed by atoms with Crippen LogP contribution in [0.1, 0.15) is 393 Å². The van der Waals surface area contributed by atoms with Gasteiger partial charge in [0.05, 0.1) is 38.6 Å². The van der Waals surface area contributed by atoms with Gasteiger partial charge in [-0.1, -0.05) is 377 Å². The fourth-order valence-corrected chi connectivity index (χ4v) is 15.6. The fourth-order valence-electron chi connectivity index (χ4n) is 15.6. The molecule has 19 nitrogen and oxygen atoms in total. The van der Waals surface area contributed by atoms with E-state index in [-0.39, 0.29) is 18.9 Å². The summed E-state index contributed by atoms with van der Waals surface area (Å²) in [5.41, 5.74) is 0. The van der Waals surface area contributed by atoms with E-state index >= 15 is 0 Å². The van der Waals surface area contributed by atoms with Crippen LogP contribution in [0.4, 0.5) is 0 Å². The molecule has 0 aromatic rings. The molecule has 3 aliphatic rings. The van der Waals surface area contributed by atoms with Crippen LogP contribution in [-0.4, -0.2) is 193 Å². The Hall–Kier alpha value is -2.25. The van der Waals surface area contributed by atoms with E-state index < -0.39 is 124 Å². The molecule has 0 bridgehead atoms. The molecular weight excluding hydrogens is 1390 g/mol. The molecule has 1 amide bonds. The number of rotatable bonds is 75. The Morgan fingerprint density at radius 2 is 0.600 bits per heavy atom. The SMILES string of the molecule is CCCCCCC/C=C\C/C=C\C/C=C\CCCCCCCCCCCCCCCCCCCCCCCCCCC(=O)NC(COC1OC(CO)C(OC2OC(CO)C(OC3OC(CO)C(O)C(O)C3O)C(O)C2O)C(O)C1O)C(O)/C=C/CCCCCCCCCCCCCCCCCCCCCCCCCC. The van der Waals surface area contributed by atoms with Crippen LogP contribution in [-0.2, 0) is 33.2 Å². The number of aliphatic hydroxyl groups is 11. The lowest BCUT2D eigenvalue weighted by atomic mass is 9.96. The molecule has 3 fully saturated rings. The Bertz CT molecular complexity index is 2170. The van der Waals surface area contributed by atoms with Crippen molar-refractivity contribution in [3.63, 3.8) is 0 Å². The lowest BCUT2D eigenvalue weighted by Crippen LogP contribution is -2.66. The molecule has 0 aromatic carbocycles. The molecule has 3 rings (SSSR count). The van der Waals surface area contributed by atoms with E-state index in [1.165, 1.54) is 308 Å². The van der Waals surface area contributed by atoms with E-state index in [0.29, 0.717) is 6.42 Å². The van der Waals surface area contributed by atoms with Gasteiger partial charge in [0, 0.05) is 6.42 Å². The zero-order valence-corrected chi connectivity index (χ0v) is 69.8. The average Bonchev–Trinajstić information content (AvgIpc) is 0.780. The largest absolute Gasteiger partial charge is 0.394 e. The topological polar surface area (TPSA) is 307 Å². The molecule has 0 aliphatic carbocycles. The minimum atomic E-state index is -1.98. The normalized spacial score (nSPS) is 25.3. The summed E-state index contributed by atoms with van der Waals surface area (Å²) in [5, 5.41) is 121. The van der Waals surface area contributed by atoms with Gasteiger partial charge < -0.3 is 89.9 Å². The molecule has 0 spiro atoms. The zero-order valence-electron chi connectivity index (χ0n) is 69.8. The summed E-state index contributed by atoms with van der Waals surface area (Å²) in [7, 11) is 0. The number of aliphatic hydroxyl groups excluding tert-OH is 11. The maximum Gasteiger partial charge on any atom is 0.220 e. The molecule has 110 heavy (non-hydrogen) atoms. The fraction of sp³-hybridized carbons (Fsp3) is 0.901. The highest BCUT2D eigenvalue weighted by Crippen LogP contribution is 2.34. The van der Waals surface area contributed by atoms with Crippen LogP contribution in [0.3, 0.4) is 0 Å². The molecule has 17 atom stereocenters. The van der Waals surface area contributed by atoms with Crippen molar-refractivity contribution in [2.75, 3.05) is 26.4 Å². The summed E-state index contributed by atoms with van der Waals surface area (Å²) in [6, 6.07) is -0.974. The highest BCUT2D eigenvalue weighted by atomic mass is 16.8. The van der Waals surface area contributed by atoms with Gasteiger partial charge in [-0.3, -0.25) is 4.79 Å². The number of hydrogen-bond donors (Lipinski definition) is 12. The van der Waals surface area contributed by atoms with Gasteiger partial charge in [-0.15, -0.1) is 0 Å². The quantitative estimate of drug-likeness (QED) is 0.0199. The summed E-state index contributed by atoms with van der Waals surface area (Å²) in [6.07, 6.45) is 65.5. The number of carbonyl (C=O) groups excluding carboxylic acids is 1. The zero-order chi connectivity index (χ0) is 79.5. The van der Waals surface area contributed by atoms with Gasteiger partial charge in [0.2, 0.25) is 5.91 Å². The summed E-state index contributed by atoms with van der Waals surface area (Å²) in [6.45, 7) is 1.79. The Kier molecular flexibility index (Phi) is 65.7. The first kappa shape index (κ1) is 102. The minimum Gasteiger partial charge on any atom is -0.394 e. The third-order valence-electron chi connectivity index (χ3n) is 22.9. The standard InChI is InChI=1S/C91H169NO18/c1-3-5-7-9-11-13-15-17-19-21-23-25-27-29-31-32-33-34-35-36-37-38-39-40-41-42-43-45-47-49-51-53-55-57-59-61-63-65-67-69-79(97)92-74(75(96)68-66-64-62-60-58-56-54-52-50-48-46-44-30-28-26-24-22-20-18-16-14-12-10-8-6-4-2)73-105-89-85(103)82(100)87(77(71-94)107-89)110-91-86(104)83(101)88(78(72-95)108-91)109-90-84(102)81(99)80(98)76(70-93)106-90/h15,17,21,23,27,29,66,68,74-78,80-91,93-96,98-104H,3-14,16,18-20,22,24-26,28,30-65,67,69-73H2,1-2H3,(H,92,97)/b17-15-,23-21-,29-27-,68-66+. The summed E-state index contributed by atoms with van der Waals surface area (Å²) < 4.78 is 34.5. The Morgan fingerprint density at radius 1 is 0.327 bits per heavy atom. The number of nitrogens with one attached hydrogen (secondary N) is 1. The first-order valence-corrected chi connectivity index (χ1v) is 45.9. The third-order valence-corrected chi connectivity index (χ3v) is 22.9. The van der Waals surface area contributed by atoms with E-state index in [1.54, 1.807) is 6.08 Å². The molecule has 3 saturated heterocycles. The summed E-state index contributed by atoms with van der Waals surface area (Å²) >= 11 is 0. The Labute approximate surface area is 669 Å². The van der Waals surface area contributed by atoms with Crippen LogP contribution >= 0.6 is 0 Å². The molecule has 0 aromatic heterocycles. The average molecular weight is 1570 g/mol. The van der Waals surface area contributed by atoms with Crippen molar-refractivity contribution >= 4 is 5.91 Å². The molecule has 0 radical (unpaired) electrons. The molecule has 12 N–H and O–H groups in total. The monoisotopic (exact) mass is 1560 g/mol. The highest BCUT2D eigenvalue weighted by molar-refractivity contribution is 5.76. The second-order valence-corrected chi connectivity index (χ2v) is 32.8. The Morgan fingerprint density at radius 3 is 0.936 bits per heavy atom. The molecular formula is C91H169NO18. The Balaban J connectivity index is 1.30. The van der Waals surface area contributed by atoms with Crippen LogP contribution in [0.15, 0.2) is 48.6 Å². The van der Waals surface area contributed by atoms with Gasteiger partial charge >= 0.3 is 0 Å². The van der Waals surface area contributed by atoms with Gasteiger partial charge in [0.15, 0.2) is 18.9 Å². The van der Waals surface area contributed by atoms with Crippen molar-refractivity contribution < 1.29 is 89.4 Å². The van der Waals surface area contributed by atoms with E-state index in [0.717, 1.165) is 57.8 Å². The van der Waals surface area contributed by atoms with Crippen molar-refractivity contribution in [1.29, 1.82) is 0 Å². The van der Waals surface area contributed by atoms with Crippen LogP contribution in [0.5, 0.6) is 0 Å². The van der Waals surface area contributed by atoms with Crippen LogP contribution in [0.2, 0.25) is 0 Å². The number of ether oxygens (including phenoxy) is 6. The molecule has 646 valence electrons. The van der Waals surface area contributed by atoms with Gasteiger partial charge in [0.25, 0.3) is 0 Å². The summed E-state index contributed by atoms with van der Waals surface area (Å²) in [5.74, 6) is -0.267. The van der Waals surface area contributed by atoms with E-state index in [2.05, 4.69) is 55.6 Å². The van der Waals surface area contributed by atoms with Crippen molar-refractivity contribution in [3.05, 3.63) is 48.6 Å². The van der Waals surface area contributed by atoms with Crippen LogP contribution in [0.25, 0.3) is 0 Å². The van der Waals surface area contributed by atoms with Crippen LogP contribution in [0, 0.1) is 0 Å². The van der Waals surface area contributed by atoms with Gasteiger partial charge in [-0.25, -0.2) is 0 Å². The van der Waals surface area contributed by atoms with Crippen molar-refractivity contribution in [3.8, 4) is 0 Å². The van der Waals surface area contributed by atoms with Gasteiger partial charge in [-0.2, -0.15) is 0 Å². The van der Waals surface area contributed by atoms with Crippen molar-refractivity contribution in [1.82, 2.24) is 5.32 Å². The first-order chi connectivity index (χ1) is 53.8. The maximum absolute atomic E-state index is 13.5. The molecule has 3 heterocycles. The van der Waals surface area contributed by atoms with E-state index in [4.69, 9.17) is 28.4 Å². The molecule has 17 unspecified atom stereocenters. The van der Waals surface area contributed by atoms with Crippen molar-refractivity contribution in [2.45, 2.75) is 497 Å². The molecule has 19 heteroatoms. The number of unbranched alkanes of at least 4 members (excludes halogenated alkanes) is 53. The minimum absolute atomic E-state index is 0.247. The maximum atomic E-state index is 13.5. The number of amides is 1. The van der Waals surface area contributed by atoms with Crippen LogP contribution < -0.4 is 5.32 Å². The lowest BCUT2D eigenvalue weighted by Gasteiger charge is -2.48. The molecule has 3 aliphatic heterocycles. The number of carbonyl (C=O) groups is 1. The van der Waals surface area contributed by atoms with Crippen molar-refractivity contribution in [2.24, 2.45) is 0 Å². The second kappa shape index (κ2) is 70.9. The predicted octanol–water partition coefficient (Wildman–Crippen LogP) is 17.6. The van der Waals surface area contributed by atoms with E-state index in [9.17, 15) is 61.0 Å². The first-order valence-electron chi connectivity index (χ1n) is 45.9. The summed E-state index contributed by atoms with van der Waals surface area (Å²) in [4.78, 5) is 13.5. The second-order valence-electron chi connectivity index (χ2n) is 32.8. The highest BCUT2D eigenvalue weighted by Gasteiger charge is 2.54. The molecule has 0 saturated carbocycles. The number of hydrogen-bond acceptors (Lipinski definition) is 18. The number of allylic oxidation sites excluding steroid dienone is 7. The lowest BCUT2D eigenvalue weighted by molar-refractivity contribution is -0.379. The van der Waals surface area contributed by atoms with Gasteiger partial charge in [-0.05, 0) is 57.8 Å². The smallest absolute Gasteiger partial charge is 0.220 e. The third kappa shape index (κ3) is 49.1. The van der Waals surface area contributed by atoms with E-state index in [1.807, 2.05) is 6.08 Å².